The van der Waals surface area contributed by atoms with Crippen molar-refractivity contribution in [1.29, 1.82) is 0 Å². The molecule has 0 aromatic rings. The van der Waals surface area contributed by atoms with Crippen LogP contribution >= 0.6 is 0 Å². The van der Waals surface area contributed by atoms with Gasteiger partial charge in [-0.25, -0.2) is 0 Å². The van der Waals surface area contributed by atoms with E-state index in [4.69, 9.17) is 0 Å². The van der Waals surface area contributed by atoms with E-state index in [-0.39, 0.29) is 5.91 Å². The summed E-state index contributed by atoms with van der Waals surface area (Å²) in [4.78, 5) is 10.8. The van der Waals surface area contributed by atoms with Crippen LogP contribution in [0.25, 0.3) is 0 Å². The van der Waals surface area contributed by atoms with Gasteiger partial charge in [0.05, 0.1) is 0 Å². The van der Waals surface area contributed by atoms with Crippen LogP contribution in [0.5, 0.6) is 0 Å². The third-order valence-corrected chi connectivity index (χ3v) is 2.49. The molecule has 2 atom stereocenters. The summed E-state index contributed by atoms with van der Waals surface area (Å²) < 4.78 is 0. The first-order chi connectivity index (χ1) is 5.72. The zero-order valence-corrected chi connectivity index (χ0v) is 7.89. The normalized spacial score (nSPS) is 29.8. The molecule has 1 aliphatic carbocycles. The van der Waals surface area contributed by atoms with Gasteiger partial charge >= 0.3 is 0 Å². The summed E-state index contributed by atoms with van der Waals surface area (Å²) in [6.45, 7) is 1.59. The van der Waals surface area contributed by atoms with Gasteiger partial charge in [-0.05, 0) is 32.7 Å². The van der Waals surface area contributed by atoms with Crippen LogP contribution < -0.4 is 10.6 Å². The molecule has 3 nitrogen and oxygen atoms in total. The number of carbonyl (C=O) groups is 1. The minimum absolute atomic E-state index is 0.0942. The zero-order chi connectivity index (χ0) is 8.97. The molecule has 3 heteroatoms. The molecule has 12 heavy (non-hydrogen) atoms. The fourth-order valence-corrected chi connectivity index (χ4v) is 1.87. The van der Waals surface area contributed by atoms with Crippen molar-refractivity contribution in [2.45, 2.75) is 44.7 Å². The van der Waals surface area contributed by atoms with Crippen LogP contribution in [-0.4, -0.2) is 25.0 Å². The average Bonchev–Trinajstić information content (AvgIpc) is 2.03. The van der Waals surface area contributed by atoms with Crippen molar-refractivity contribution >= 4 is 5.91 Å². The Morgan fingerprint density at radius 2 is 2.00 bits per heavy atom. The molecule has 1 aliphatic rings. The second-order valence-electron chi connectivity index (χ2n) is 3.55. The molecule has 2 unspecified atom stereocenters. The molecule has 0 aliphatic heterocycles. The third kappa shape index (κ3) is 2.81. The summed E-state index contributed by atoms with van der Waals surface area (Å²) >= 11 is 0. The molecule has 0 spiro atoms. The van der Waals surface area contributed by atoms with Crippen LogP contribution in [-0.2, 0) is 4.79 Å². The Morgan fingerprint density at radius 1 is 1.33 bits per heavy atom. The van der Waals surface area contributed by atoms with Crippen LogP contribution in [0.3, 0.4) is 0 Å². The van der Waals surface area contributed by atoms with E-state index in [1.165, 1.54) is 12.8 Å². The molecule has 0 bridgehead atoms. The van der Waals surface area contributed by atoms with Gasteiger partial charge in [0.15, 0.2) is 0 Å². The maximum absolute atomic E-state index is 10.8. The van der Waals surface area contributed by atoms with E-state index in [1.807, 2.05) is 7.05 Å². The summed E-state index contributed by atoms with van der Waals surface area (Å²) in [6, 6.07) is 0.990. The number of carbonyl (C=O) groups excluding carboxylic acids is 1. The van der Waals surface area contributed by atoms with Gasteiger partial charge in [0, 0.05) is 19.0 Å². The predicted octanol–water partition coefficient (Wildman–Crippen LogP) is 0.653. The molecule has 1 saturated carbocycles. The van der Waals surface area contributed by atoms with Crippen molar-refractivity contribution in [1.82, 2.24) is 10.6 Å². The third-order valence-electron chi connectivity index (χ3n) is 2.49. The highest BCUT2D eigenvalue weighted by Gasteiger charge is 2.20. The molecule has 1 fully saturated rings. The minimum atomic E-state index is 0.0942. The van der Waals surface area contributed by atoms with Gasteiger partial charge in [0.2, 0.25) is 5.91 Å². The van der Waals surface area contributed by atoms with E-state index in [2.05, 4.69) is 10.6 Å². The molecular formula is C9H18N2O. The lowest BCUT2D eigenvalue weighted by atomic mass is 9.91. The summed E-state index contributed by atoms with van der Waals surface area (Å²) in [5.74, 6) is 0.0942. The summed E-state index contributed by atoms with van der Waals surface area (Å²) in [5, 5.41) is 6.22. The SMILES string of the molecule is CNC1CCCC(NC(C)=O)C1. The minimum Gasteiger partial charge on any atom is -0.354 e. The van der Waals surface area contributed by atoms with Crippen LogP contribution in [0.2, 0.25) is 0 Å². The van der Waals surface area contributed by atoms with Crippen LogP contribution in [0.4, 0.5) is 0 Å². The summed E-state index contributed by atoms with van der Waals surface area (Å²) in [7, 11) is 1.99. The monoisotopic (exact) mass is 170 g/mol. The summed E-state index contributed by atoms with van der Waals surface area (Å²) in [5.41, 5.74) is 0. The van der Waals surface area contributed by atoms with Crippen LogP contribution in [0.1, 0.15) is 32.6 Å². The van der Waals surface area contributed by atoms with Crippen molar-refractivity contribution in [3.63, 3.8) is 0 Å². The van der Waals surface area contributed by atoms with Gasteiger partial charge in [0.25, 0.3) is 0 Å². The molecule has 0 heterocycles. The highest BCUT2D eigenvalue weighted by molar-refractivity contribution is 5.73. The quantitative estimate of drug-likeness (QED) is 0.639. The van der Waals surface area contributed by atoms with E-state index in [1.54, 1.807) is 6.92 Å². The van der Waals surface area contributed by atoms with Crippen molar-refractivity contribution in [2.24, 2.45) is 0 Å². The number of hydrogen-bond acceptors (Lipinski definition) is 2. The summed E-state index contributed by atoms with van der Waals surface area (Å²) in [6.07, 6.45) is 4.68. The standard InChI is InChI=1S/C9H18N2O/c1-7(12)11-9-5-3-4-8(6-9)10-2/h8-10H,3-6H2,1-2H3,(H,11,12). The van der Waals surface area contributed by atoms with Gasteiger partial charge in [0.1, 0.15) is 0 Å². The van der Waals surface area contributed by atoms with Crippen molar-refractivity contribution < 1.29 is 4.79 Å². The Bertz CT molecular complexity index is 159. The van der Waals surface area contributed by atoms with Crippen molar-refractivity contribution in [2.75, 3.05) is 7.05 Å². The molecule has 1 amide bonds. The average molecular weight is 170 g/mol. The smallest absolute Gasteiger partial charge is 0.217 e. The van der Waals surface area contributed by atoms with E-state index in [0.29, 0.717) is 12.1 Å². The first kappa shape index (κ1) is 9.52. The second kappa shape index (κ2) is 4.45. The van der Waals surface area contributed by atoms with Crippen LogP contribution in [0.15, 0.2) is 0 Å². The Hall–Kier alpha value is -0.570. The van der Waals surface area contributed by atoms with E-state index in [9.17, 15) is 4.79 Å². The zero-order valence-electron chi connectivity index (χ0n) is 7.89. The number of nitrogens with one attached hydrogen (secondary N) is 2. The van der Waals surface area contributed by atoms with E-state index < -0.39 is 0 Å². The Labute approximate surface area is 73.9 Å². The fourth-order valence-electron chi connectivity index (χ4n) is 1.87. The topological polar surface area (TPSA) is 41.1 Å². The molecule has 1 rings (SSSR count). The molecule has 70 valence electrons. The highest BCUT2D eigenvalue weighted by Crippen LogP contribution is 2.17. The van der Waals surface area contributed by atoms with Gasteiger partial charge in [-0.3, -0.25) is 4.79 Å². The molecular weight excluding hydrogens is 152 g/mol. The molecule has 0 aromatic carbocycles. The lowest BCUT2D eigenvalue weighted by Crippen LogP contribution is -2.42. The lowest BCUT2D eigenvalue weighted by molar-refractivity contribution is -0.119. The van der Waals surface area contributed by atoms with E-state index in [0.717, 1.165) is 12.8 Å². The van der Waals surface area contributed by atoms with Crippen molar-refractivity contribution in [3.05, 3.63) is 0 Å². The van der Waals surface area contributed by atoms with Gasteiger partial charge in [-0.2, -0.15) is 0 Å². The second-order valence-corrected chi connectivity index (χ2v) is 3.55. The number of hydrogen-bond donors (Lipinski definition) is 2. The van der Waals surface area contributed by atoms with Gasteiger partial charge < -0.3 is 10.6 Å². The molecule has 0 aromatic heterocycles. The largest absolute Gasteiger partial charge is 0.354 e. The molecule has 0 radical (unpaired) electrons. The van der Waals surface area contributed by atoms with Gasteiger partial charge in [-0.15, -0.1) is 0 Å². The number of rotatable bonds is 2. The Balaban J connectivity index is 2.30. The molecule has 0 saturated heterocycles. The van der Waals surface area contributed by atoms with Gasteiger partial charge in [-0.1, -0.05) is 0 Å². The maximum Gasteiger partial charge on any atom is 0.217 e. The van der Waals surface area contributed by atoms with Crippen LogP contribution in [0, 0.1) is 0 Å². The predicted molar refractivity (Wildman–Crippen MR) is 48.9 cm³/mol. The first-order valence-corrected chi connectivity index (χ1v) is 4.66. The first-order valence-electron chi connectivity index (χ1n) is 4.66. The Morgan fingerprint density at radius 3 is 2.58 bits per heavy atom. The number of amides is 1. The fraction of sp³-hybridized carbons (Fsp3) is 0.889. The lowest BCUT2D eigenvalue weighted by Gasteiger charge is -2.29. The molecule has 2 N–H and O–H groups in total. The van der Waals surface area contributed by atoms with Crippen molar-refractivity contribution in [3.8, 4) is 0 Å². The van der Waals surface area contributed by atoms with E-state index >= 15 is 0 Å². The Kier molecular flexibility index (Phi) is 3.53. The maximum atomic E-state index is 10.8. The highest BCUT2D eigenvalue weighted by atomic mass is 16.1.